The minimum Gasteiger partial charge on any atom is -0.497 e. The van der Waals surface area contributed by atoms with E-state index in [1.165, 1.54) is 6.42 Å². The van der Waals surface area contributed by atoms with Crippen molar-refractivity contribution in [3.63, 3.8) is 0 Å². The second kappa shape index (κ2) is 14.7. The quantitative estimate of drug-likeness (QED) is 0.340. The smallest absolute Gasteiger partial charge is 0.497 e. The van der Waals surface area contributed by atoms with Crippen LogP contribution in [0.15, 0.2) is 54.6 Å². The van der Waals surface area contributed by atoms with Gasteiger partial charge in [0, 0.05) is 19.7 Å². The third-order valence-electron chi connectivity index (χ3n) is 5.05. The summed E-state index contributed by atoms with van der Waals surface area (Å²) in [5.74, 6) is 0.770. The van der Waals surface area contributed by atoms with Crippen LogP contribution in [0.25, 0.3) is 0 Å². The molecule has 0 bridgehead atoms. The minimum absolute atomic E-state index is 0. The Balaban J connectivity index is 0.000000885. The number of nitrogens with zero attached hydrogens (tertiary/aromatic N) is 1. The molecule has 1 saturated heterocycles. The van der Waals surface area contributed by atoms with Gasteiger partial charge in [0.05, 0.1) is 19.0 Å². The molecule has 0 amide bonds. The molecule has 0 saturated carbocycles. The van der Waals surface area contributed by atoms with Gasteiger partial charge in [-0.2, -0.15) is 10.7 Å². The van der Waals surface area contributed by atoms with Crippen LogP contribution in [-0.4, -0.2) is 38.2 Å². The molecule has 1 heterocycles. The van der Waals surface area contributed by atoms with E-state index in [1.807, 2.05) is 54.6 Å². The van der Waals surface area contributed by atoms with Crippen molar-refractivity contribution in [3.8, 4) is 5.75 Å². The predicted molar refractivity (Wildman–Crippen MR) is 122 cm³/mol. The number of unbranched alkanes of at least 4 members (excludes halogenated alkanes) is 1. The molecule has 1 atom stereocenters. The maximum Gasteiger partial charge on any atom is 1.00 e. The van der Waals surface area contributed by atoms with Crippen molar-refractivity contribution in [3.05, 3.63) is 72.6 Å². The fourth-order valence-electron chi connectivity index (χ4n) is 3.15. The monoisotopic (exact) mass is 439 g/mol. The van der Waals surface area contributed by atoms with Crippen LogP contribution in [0.4, 0.5) is 0 Å². The first-order chi connectivity index (χ1) is 14.5. The number of benzene rings is 2. The van der Waals surface area contributed by atoms with Crippen molar-refractivity contribution in [2.45, 2.75) is 51.0 Å². The largest absolute Gasteiger partial charge is 1.00 e. The van der Waals surface area contributed by atoms with E-state index in [9.17, 15) is 8.42 Å². The van der Waals surface area contributed by atoms with Crippen molar-refractivity contribution >= 4 is 10.0 Å². The van der Waals surface area contributed by atoms with Gasteiger partial charge in [-0.05, 0) is 36.1 Å². The van der Waals surface area contributed by atoms with Crippen LogP contribution in [0.1, 0.15) is 43.7 Å². The molecule has 1 aliphatic heterocycles. The van der Waals surface area contributed by atoms with Gasteiger partial charge in [-0.25, -0.2) is 8.42 Å². The number of hydrogen-bond donors (Lipinski definition) is 0. The molecule has 0 radical (unpaired) electrons. The van der Waals surface area contributed by atoms with E-state index in [4.69, 9.17) is 9.47 Å². The van der Waals surface area contributed by atoms with Gasteiger partial charge in [-0.3, -0.25) is 0 Å². The molecule has 1 aliphatic rings. The molecule has 0 N–H and O–H groups in total. The summed E-state index contributed by atoms with van der Waals surface area (Å²) in [7, 11) is -1.65. The Morgan fingerprint density at radius 1 is 1.06 bits per heavy atom. The van der Waals surface area contributed by atoms with Gasteiger partial charge in [0.25, 0.3) is 0 Å². The van der Waals surface area contributed by atoms with Gasteiger partial charge >= 0.3 is 18.9 Å². The Bertz CT molecular complexity index is 826. The van der Waals surface area contributed by atoms with E-state index in [-0.39, 0.29) is 24.1 Å². The average Bonchev–Trinajstić information content (AvgIpc) is 3.06. The Morgan fingerprint density at radius 3 is 2.29 bits per heavy atom. The predicted octanol–water partition coefficient (Wildman–Crippen LogP) is 1.83. The van der Waals surface area contributed by atoms with Crippen molar-refractivity contribution < 1.29 is 36.8 Å². The fourth-order valence-corrected chi connectivity index (χ4v) is 5.06. The van der Waals surface area contributed by atoms with E-state index in [1.54, 1.807) is 11.4 Å². The molecule has 0 spiro atoms. The second-order valence-electron chi connectivity index (χ2n) is 7.32. The molecule has 2 aromatic carbocycles. The summed E-state index contributed by atoms with van der Waals surface area (Å²) < 4.78 is 37.8. The fraction of sp³-hybridized carbons (Fsp3) is 0.458. The number of sulfonamides is 1. The first-order valence-electron chi connectivity index (χ1n) is 10.5. The van der Waals surface area contributed by atoms with Crippen LogP contribution in [0.5, 0.6) is 5.75 Å². The normalized spacial score (nSPS) is 17.3. The van der Waals surface area contributed by atoms with Crippen LogP contribution < -0.4 is 23.6 Å². The van der Waals surface area contributed by atoms with Gasteiger partial charge in [0.1, 0.15) is 5.75 Å². The topological polar surface area (TPSA) is 55.8 Å². The standard InChI is InChI=1S/C20H25NO4S.C4H9.Li/c1-24-19-9-7-17(8-10-19)15-21-13-11-20(26(21,22)23)12-14-25-16-18-5-3-2-4-6-18;1-3-4-2;/h2-10,20H,11-16H2,1H3;1,3-4H2,2H3;/q;-1;+1. The van der Waals surface area contributed by atoms with E-state index in [0.717, 1.165) is 23.3 Å². The molecule has 0 aromatic heterocycles. The minimum atomic E-state index is -3.26. The summed E-state index contributed by atoms with van der Waals surface area (Å²) in [5, 5.41) is -0.350. The first-order valence-corrected chi connectivity index (χ1v) is 12.0. The van der Waals surface area contributed by atoms with E-state index < -0.39 is 10.0 Å². The van der Waals surface area contributed by atoms with Gasteiger partial charge in [-0.1, -0.05) is 55.8 Å². The van der Waals surface area contributed by atoms with Crippen LogP contribution >= 0.6 is 0 Å². The average molecular weight is 440 g/mol. The van der Waals surface area contributed by atoms with Crippen molar-refractivity contribution in [2.75, 3.05) is 20.3 Å². The number of rotatable bonds is 9. The van der Waals surface area contributed by atoms with Gasteiger partial charge in [0.15, 0.2) is 0 Å². The number of hydrogen-bond acceptors (Lipinski definition) is 4. The molecule has 0 aliphatic carbocycles. The zero-order valence-corrected chi connectivity index (χ0v) is 19.9. The maximum absolute atomic E-state index is 12.7. The molecule has 31 heavy (non-hydrogen) atoms. The Labute approximate surface area is 200 Å². The van der Waals surface area contributed by atoms with E-state index in [0.29, 0.717) is 39.1 Å². The molecule has 3 rings (SSSR count). The van der Waals surface area contributed by atoms with Crippen LogP contribution in [0, 0.1) is 6.92 Å². The molecular weight excluding hydrogens is 405 g/mol. The van der Waals surface area contributed by atoms with E-state index >= 15 is 0 Å². The first kappa shape index (κ1) is 27.7. The number of ether oxygens (including phenoxy) is 2. The Kier molecular flexibility index (Phi) is 13.2. The van der Waals surface area contributed by atoms with Crippen LogP contribution in [0.3, 0.4) is 0 Å². The summed E-state index contributed by atoms with van der Waals surface area (Å²) in [4.78, 5) is 0. The summed E-state index contributed by atoms with van der Waals surface area (Å²) in [6, 6.07) is 17.4. The second-order valence-corrected chi connectivity index (χ2v) is 9.53. The third-order valence-corrected chi connectivity index (χ3v) is 7.39. The summed E-state index contributed by atoms with van der Waals surface area (Å²) in [6.45, 7) is 7.67. The van der Waals surface area contributed by atoms with Crippen molar-refractivity contribution in [1.29, 1.82) is 0 Å². The molecule has 5 nitrogen and oxygen atoms in total. The summed E-state index contributed by atoms with van der Waals surface area (Å²) >= 11 is 0. The Hall–Kier alpha value is -1.29. The van der Waals surface area contributed by atoms with Gasteiger partial charge < -0.3 is 16.4 Å². The molecular formula is C24H34LiNO4S. The SMILES string of the molecule is COc1ccc(CN2CCC(CCOCc3ccccc3)S2(=O)=O)cc1.[CH2-]CCC.[Li+]. The zero-order chi connectivity index (χ0) is 21.8. The molecule has 7 heteroatoms. The zero-order valence-electron chi connectivity index (χ0n) is 19.1. The van der Waals surface area contributed by atoms with Gasteiger partial charge in [0.2, 0.25) is 10.0 Å². The van der Waals surface area contributed by atoms with Crippen LogP contribution in [0.2, 0.25) is 0 Å². The van der Waals surface area contributed by atoms with Crippen LogP contribution in [-0.2, 0) is 27.9 Å². The Morgan fingerprint density at radius 2 is 1.71 bits per heavy atom. The summed E-state index contributed by atoms with van der Waals surface area (Å²) in [6.07, 6.45) is 3.47. The number of methoxy groups -OCH3 is 1. The van der Waals surface area contributed by atoms with Crippen molar-refractivity contribution in [1.82, 2.24) is 4.31 Å². The van der Waals surface area contributed by atoms with Gasteiger partial charge in [-0.15, -0.1) is 0 Å². The third kappa shape index (κ3) is 9.00. The molecule has 1 unspecified atom stereocenters. The molecule has 1 fully saturated rings. The summed E-state index contributed by atoms with van der Waals surface area (Å²) in [5.41, 5.74) is 2.07. The van der Waals surface area contributed by atoms with Crippen molar-refractivity contribution in [2.24, 2.45) is 0 Å². The van der Waals surface area contributed by atoms with E-state index in [2.05, 4.69) is 13.8 Å². The maximum atomic E-state index is 12.7. The molecule has 2 aromatic rings. The molecule has 166 valence electrons.